The maximum Gasteiger partial charge on any atom is 0.223 e. The highest BCUT2D eigenvalue weighted by Crippen LogP contribution is 2.26. The Balaban J connectivity index is 1.78. The van der Waals surface area contributed by atoms with E-state index in [-0.39, 0.29) is 0 Å². The lowest BCUT2D eigenvalue weighted by molar-refractivity contribution is 0.461. The van der Waals surface area contributed by atoms with E-state index in [1.165, 1.54) is 50.6 Å². The number of hydrogen-bond acceptors (Lipinski definition) is 4. The molecule has 1 N–H and O–H groups in total. The van der Waals surface area contributed by atoms with Gasteiger partial charge < -0.3 is 5.32 Å². The van der Waals surface area contributed by atoms with Gasteiger partial charge in [-0.05, 0) is 31.2 Å². The minimum atomic E-state index is 0.516. The number of nitrogens with zero attached hydrogens (tertiary/aromatic N) is 4. The highest BCUT2D eigenvalue weighted by molar-refractivity contribution is 5.62. The Hall–Kier alpha value is -1.91. The predicted octanol–water partition coefficient (Wildman–Crippen LogP) is 4.60. The summed E-state index contributed by atoms with van der Waals surface area (Å²) in [5.74, 6) is 1.40. The second kappa shape index (κ2) is 8.45. The number of hydrogen-bond donors (Lipinski definition) is 1. The molecule has 2 aromatic rings. The van der Waals surface area contributed by atoms with Crippen LogP contribution in [0.15, 0.2) is 18.5 Å². The Morgan fingerprint density at radius 2 is 2.08 bits per heavy atom. The average molecular weight is 342 g/mol. The van der Waals surface area contributed by atoms with Gasteiger partial charge in [0.15, 0.2) is 0 Å². The van der Waals surface area contributed by atoms with Crippen LogP contribution in [-0.2, 0) is 13.5 Å². The number of aromatic nitrogens is 4. The Kier molecular flexibility index (Phi) is 6.05. The van der Waals surface area contributed by atoms with Crippen molar-refractivity contribution in [2.45, 2.75) is 71.3 Å². The maximum atomic E-state index is 4.79. The summed E-state index contributed by atoms with van der Waals surface area (Å²) in [6.45, 7) is 4.56. The second-order valence-electron chi connectivity index (χ2n) is 7.47. The first-order chi connectivity index (χ1) is 12.2. The third-order valence-corrected chi connectivity index (χ3v) is 5.25. The zero-order chi connectivity index (χ0) is 17.6. The molecule has 1 fully saturated rings. The van der Waals surface area contributed by atoms with Crippen LogP contribution in [0.5, 0.6) is 0 Å². The number of anilines is 1. The number of nitrogens with one attached hydrogen (secondary N) is 1. The normalized spacial score (nSPS) is 16.8. The molecule has 5 nitrogen and oxygen atoms in total. The Morgan fingerprint density at radius 1 is 1.28 bits per heavy atom. The van der Waals surface area contributed by atoms with Gasteiger partial charge >= 0.3 is 0 Å². The van der Waals surface area contributed by atoms with Gasteiger partial charge in [-0.2, -0.15) is 5.10 Å². The van der Waals surface area contributed by atoms with Gasteiger partial charge in [0.05, 0.1) is 11.9 Å². The number of rotatable bonds is 7. The van der Waals surface area contributed by atoms with Crippen molar-refractivity contribution in [3.63, 3.8) is 0 Å². The fourth-order valence-corrected chi connectivity index (χ4v) is 3.85. The van der Waals surface area contributed by atoms with Crippen molar-refractivity contribution in [2.24, 2.45) is 13.0 Å². The first-order valence-electron chi connectivity index (χ1n) is 9.78. The Labute approximate surface area is 151 Å². The molecule has 0 amide bonds. The first kappa shape index (κ1) is 17.9. The van der Waals surface area contributed by atoms with Gasteiger partial charge in [-0.15, -0.1) is 0 Å². The maximum absolute atomic E-state index is 4.79. The standard InChI is InChI=1S/C20H31N5/c1-4-8-15(2)13-19-17(14-22-25(19)3)18-11-12-21-20(24-18)23-16-9-6-5-7-10-16/h11-12,14-16H,4-10,13H2,1-3H3,(H,21,23,24). The molecule has 1 saturated carbocycles. The van der Waals surface area contributed by atoms with E-state index in [0.29, 0.717) is 12.0 Å². The summed E-state index contributed by atoms with van der Waals surface area (Å²) in [4.78, 5) is 9.23. The van der Waals surface area contributed by atoms with E-state index in [1.807, 2.05) is 30.2 Å². The lowest BCUT2D eigenvalue weighted by Crippen LogP contribution is -2.23. The Morgan fingerprint density at radius 3 is 2.84 bits per heavy atom. The molecule has 5 heteroatoms. The SMILES string of the molecule is CCCC(C)Cc1c(-c2ccnc(NC3CCCCC3)n2)cnn1C. The van der Waals surface area contributed by atoms with Crippen molar-refractivity contribution in [2.75, 3.05) is 5.32 Å². The minimum absolute atomic E-state index is 0.516. The van der Waals surface area contributed by atoms with Crippen LogP contribution in [0.25, 0.3) is 11.3 Å². The zero-order valence-corrected chi connectivity index (χ0v) is 15.8. The molecule has 1 aliphatic carbocycles. The largest absolute Gasteiger partial charge is 0.351 e. The van der Waals surface area contributed by atoms with E-state index in [9.17, 15) is 0 Å². The van der Waals surface area contributed by atoms with E-state index in [0.717, 1.165) is 23.6 Å². The van der Waals surface area contributed by atoms with Gasteiger partial charge in [-0.25, -0.2) is 9.97 Å². The summed E-state index contributed by atoms with van der Waals surface area (Å²) in [6, 6.07) is 2.51. The Bertz CT molecular complexity index is 672. The van der Waals surface area contributed by atoms with E-state index < -0.39 is 0 Å². The molecule has 0 aliphatic heterocycles. The van der Waals surface area contributed by atoms with Gasteiger partial charge in [-0.1, -0.05) is 46.0 Å². The van der Waals surface area contributed by atoms with Gasteiger partial charge in [0, 0.05) is 30.5 Å². The molecule has 0 spiro atoms. The smallest absolute Gasteiger partial charge is 0.223 e. The van der Waals surface area contributed by atoms with Crippen LogP contribution in [0.1, 0.15) is 64.5 Å². The summed E-state index contributed by atoms with van der Waals surface area (Å²) in [6.07, 6.45) is 13.7. The third kappa shape index (κ3) is 4.59. The van der Waals surface area contributed by atoms with Crippen molar-refractivity contribution in [3.05, 3.63) is 24.2 Å². The van der Waals surface area contributed by atoms with Gasteiger partial charge in [0.2, 0.25) is 5.95 Å². The molecule has 136 valence electrons. The molecule has 0 bridgehead atoms. The quantitative estimate of drug-likeness (QED) is 0.799. The van der Waals surface area contributed by atoms with E-state index >= 15 is 0 Å². The number of aryl methyl sites for hydroxylation is 1. The van der Waals surface area contributed by atoms with Gasteiger partial charge in [0.1, 0.15) is 0 Å². The molecule has 3 rings (SSSR count). The minimum Gasteiger partial charge on any atom is -0.351 e. The molecule has 0 saturated heterocycles. The summed E-state index contributed by atoms with van der Waals surface area (Å²) in [5, 5.41) is 8.02. The molecule has 2 aromatic heterocycles. The van der Waals surface area contributed by atoms with Crippen molar-refractivity contribution in [1.82, 2.24) is 19.7 Å². The molecule has 1 aliphatic rings. The highest BCUT2D eigenvalue weighted by Gasteiger charge is 2.17. The van der Waals surface area contributed by atoms with Crippen LogP contribution < -0.4 is 5.32 Å². The van der Waals surface area contributed by atoms with Crippen molar-refractivity contribution in [3.8, 4) is 11.3 Å². The van der Waals surface area contributed by atoms with Crippen LogP contribution in [0.4, 0.5) is 5.95 Å². The van der Waals surface area contributed by atoms with Crippen LogP contribution >= 0.6 is 0 Å². The lowest BCUT2D eigenvalue weighted by Gasteiger charge is -2.22. The molecular formula is C20H31N5. The lowest BCUT2D eigenvalue weighted by atomic mass is 9.96. The fourth-order valence-electron chi connectivity index (χ4n) is 3.85. The molecule has 2 heterocycles. The van der Waals surface area contributed by atoms with Gasteiger partial charge in [0.25, 0.3) is 0 Å². The highest BCUT2D eigenvalue weighted by atomic mass is 15.3. The molecule has 1 atom stereocenters. The molecule has 1 unspecified atom stereocenters. The summed E-state index contributed by atoms with van der Waals surface area (Å²) in [7, 11) is 2.03. The third-order valence-electron chi connectivity index (χ3n) is 5.25. The van der Waals surface area contributed by atoms with E-state index in [4.69, 9.17) is 4.98 Å². The average Bonchev–Trinajstić information content (AvgIpc) is 2.97. The summed E-state index contributed by atoms with van der Waals surface area (Å²) >= 11 is 0. The van der Waals surface area contributed by atoms with Crippen LogP contribution in [0.3, 0.4) is 0 Å². The van der Waals surface area contributed by atoms with E-state index in [1.54, 1.807) is 0 Å². The molecule has 25 heavy (non-hydrogen) atoms. The van der Waals surface area contributed by atoms with Crippen LogP contribution in [0, 0.1) is 5.92 Å². The topological polar surface area (TPSA) is 55.6 Å². The predicted molar refractivity (Wildman–Crippen MR) is 103 cm³/mol. The van der Waals surface area contributed by atoms with Crippen molar-refractivity contribution < 1.29 is 0 Å². The van der Waals surface area contributed by atoms with E-state index in [2.05, 4.69) is 29.2 Å². The fraction of sp³-hybridized carbons (Fsp3) is 0.650. The van der Waals surface area contributed by atoms with Crippen molar-refractivity contribution >= 4 is 5.95 Å². The van der Waals surface area contributed by atoms with Crippen LogP contribution in [-0.4, -0.2) is 25.8 Å². The summed E-state index contributed by atoms with van der Waals surface area (Å²) in [5.41, 5.74) is 3.38. The first-order valence-corrected chi connectivity index (χ1v) is 9.78. The molecular weight excluding hydrogens is 310 g/mol. The van der Waals surface area contributed by atoms with Crippen molar-refractivity contribution in [1.29, 1.82) is 0 Å². The molecule has 0 aromatic carbocycles. The van der Waals surface area contributed by atoms with Crippen LogP contribution in [0.2, 0.25) is 0 Å². The van der Waals surface area contributed by atoms with Gasteiger partial charge in [-0.3, -0.25) is 4.68 Å². The monoisotopic (exact) mass is 341 g/mol. The second-order valence-corrected chi connectivity index (χ2v) is 7.47. The molecule has 0 radical (unpaired) electrons. The zero-order valence-electron chi connectivity index (χ0n) is 15.8. The summed E-state index contributed by atoms with van der Waals surface area (Å²) < 4.78 is 2.00.